The van der Waals surface area contributed by atoms with E-state index in [1.807, 2.05) is 6.26 Å². The van der Waals surface area contributed by atoms with E-state index in [0.717, 1.165) is 45.5 Å². The first-order chi connectivity index (χ1) is 23.2. The van der Waals surface area contributed by atoms with Crippen molar-refractivity contribution in [3.8, 4) is 39.3 Å². The van der Waals surface area contributed by atoms with Crippen molar-refractivity contribution in [3.05, 3.63) is 145 Å². The maximum atomic E-state index is 6.36. The van der Waals surface area contributed by atoms with Crippen LogP contribution in [-0.4, -0.2) is 9.55 Å². The fourth-order valence-corrected chi connectivity index (χ4v) is 7.01. The molecule has 8 aromatic rings. The number of hydrogen-bond acceptors (Lipinski definition) is 2. The maximum absolute atomic E-state index is 6.36. The predicted octanol–water partition coefficient (Wildman–Crippen LogP) is 12.4. The average Bonchev–Trinajstić information content (AvgIpc) is 3.67. The van der Waals surface area contributed by atoms with Crippen molar-refractivity contribution < 1.29 is 4.42 Å². The van der Waals surface area contributed by atoms with Crippen LogP contribution < -0.4 is 0 Å². The zero-order valence-electron chi connectivity index (χ0n) is 28.3. The first-order valence-corrected chi connectivity index (χ1v) is 17.0. The molecule has 0 aliphatic rings. The second-order valence-corrected chi connectivity index (χ2v) is 14.4. The van der Waals surface area contributed by atoms with E-state index in [9.17, 15) is 0 Å². The van der Waals surface area contributed by atoms with Gasteiger partial charge in [0.15, 0.2) is 0 Å². The third kappa shape index (κ3) is 5.30. The fourth-order valence-electron chi connectivity index (χ4n) is 7.01. The summed E-state index contributed by atoms with van der Waals surface area (Å²) in [4.78, 5) is 5.35. The largest absolute Gasteiger partial charge is 0.464 e. The molecule has 236 valence electrons. The first kappa shape index (κ1) is 30.0. The molecule has 2 aromatic heterocycles. The third-order valence-electron chi connectivity index (χ3n) is 9.41. The van der Waals surface area contributed by atoms with Crippen LogP contribution in [0.4, 0.5) is 0 Å². The van der Waals surface area contributed by atoms with Crippen LogP contribution in [0.15, 0.2) is 138 Å². The van der Waals surface area contributed by atoms with Gasteiger partial charge in [-0.25, -0.2) is 4.98 Å². The van der Waals surface area contributed by atoms with Gasteiger partial charge in [0.2, 0.25) is 0 Å². The number of furan rings is 1. The van der Waals surface area contributed by atoms with Crippen LogP contribution in [0, 0.1) is 5.92 Å². The molecule has 0 amide bonds. The number of aromatic nitrogens is 2. The van der Waals surface area contributed by atoms with Crippen LogP contribution in [-0.2, 0) is 11.8 Å². The van der Waals surface area contributed by atoms with Gasteiger partial charge in [0.05, 0.1) is 22.3 Å². The van der Waals surface area contributed by atoms with E-state index < -0.39 is 0 Å². The lowest BCUT2D eigenvalue weighted by molar-refractivity contribution is 0.590. The number of fused-ring (bicyclic) bond motifs is 3. The Kier molecular flexibility index (Phi) is 7.29. The highest BCUT2D eigenvalue weighted by molar-refractivity contribution is 6.04. The Bertz CT molecular complexity index is 2360. The van der Waals surface area contributed by atoms with Crippen molar-refractivity contribution in [3.63, 3.8) is 0 Å². The summed E-state index contributed by atoms with van der Waals surface area (Å²) in [5, 5.41) is 3.46. The highest BCUT2D eigenvalue weighted by Crippen LogP contribution is 2.44. The zero-order chi connectivity index (χ0) is 33.0. The summed E-state index contributed by atoms with van der Waals surface area (Å²) in [5.41, 5.74) is 12.2. The summed E-state index contributed by atoms with van der Waals surface area (Å²) >= 11 is 0. The highest BCUT2D eigenvalue weighted by Gasteiger charge is 2.26. The highest BCUT2D eigenvalue weighted by atomic mass is 16.3. The smallest absolute Gasteiger partial charge is 0.149 e. The lowest BCUT2D eigenvalue weighted by Gasteiger charge is -2.26. The molecule has 0 unspecified atom stereocenters. The molecule has 0 saturated carbocycles. The molecular weight excluding hydrogens is 585 g/mol. The van der Waals surface area contributed by atoms with Crippen LogP contribution in [0.2, 0.25) is 0 Å². The molecule has 0 aliphatic heterocycles. The summed E-state index contributed by atoms with van der Waals surface area (Å²) < 4.78 is 8.73. The van der Waals surface area contributed by atoms with Gasteiger partial charge in [-0.15, -0.1) is 0 Å². The second kappa shape index (κ2) is 11.7. The van der Waals surface area contributed by atoms with Crippen LogP contribution in [0.1, 0.15) is 45.7 Å². The number of imidazole rings is 1. The van der Waals surface area contributed by atoms with E-state index >= 15 is 0 Å². The van der Waals surface area contributed by atoms with E-state index in [1.54, 1.807) is 0 Å². The maximum Gasteiger partial charge on any atom is 0.149 e. The Morgan fingerprint density at radius 3 is 1.96 bits per heavy atom. The molecule has 0 aliphatic carbocycles. The van der Waals surface area contributed by atoms with Gasteiger partial charge in [0.1, 0.15) is 17.7 Å². The monoisotopic (exact) mass is 624 g/mol. The van der Waals surface area contributed by atoms with Gasteiger partial charge in [-0.05, 0) is 87.2 Å². The summed E-state index contributed by atoms with van der Waals surface area (Å²) in [7, 11) is 0. The molecule has 0 saturated heterocycles. The van der Waals surface area contributed by atoms with Crippen LogP contribution in [0.5, 0.6) is 0 Å². The topological polar surface area (TPSA) is 31.0 Å². The summed E-state index contributed by atoms with van der Waals surface area (Å²) in [6.07, 6.45) is 2.95. The van der Waals surface area contributed by atoms with Crippen molar-refractivity contribution in [2.75, 3.05) is 0 Å². The third-order valence-corrected chi connectivity index (χ3v) is 9.41. The minimum atomic E-state index is -0.0533. The molecule has 0 radical (unpaired) electrons. The number of benzene rings is 6. The normalized spacial score (nSPS) is 12.1. The SMILES string of the molecule is CC(C)Cc1ccc2cc3c(-c4nc5ccccc5n4-c4c(-c5ccccc5)cc(C(C)(C)C)cc4-c4ccccc4)coc3cc2c1. The molecule has 0 spiro atoms. The molecule has 2 heterocycles. The molecule has 6 aromatic carbocycles. The van der Waals surface area contributed by atoms with Crippen LogP contribution >= 0.6 is 0 Å². The van der Waals surface area contributed by atoms with E-state index in [0.29, 0.717) is 5.92 Å². The van der Waals surface area contributed by atoms with Crippen molar-refractivity contribution in [1.29, 1.82) is 0 Å². The minimum Gasteiger partial charge on any atom is -0.464 e. The summed E-state index contributed by atoms with van der Waals surface area (Å²) in [6, 6.07) is 46.0. The lowest BCUT2D eigenvalue weighted by Crippen LogP contribution is -2.13. The molecule has 3 nitrogen and oxygen atoms in total. The van der Waals surface area contributed by atoms with Gasteiger partial charge < -0.3 is 4.42 Å². The number of rotatable bonds is 6. The molecular formula is C45H40N2O. The number of nitrogens with zero attached hydrogens (tertiary/aromatic N) is 2. The average molecular weight is 625 g/mol. The Morgan fingerprint density at radius 1 is 0.667 bits per heavy atom. The number of para-hydroxylation sites is 2. The predicted molar refractivity (Wildman–Crippen MR) is 202 cm³/mol. The van der Waals surface area contributed by atoms with Crippen molar-refractivity contribution in [2.45, 2.75) is 46.5 Å². The lowest BCUT2D eigenvalue weighted by atomic mass is 9.82. The Labute approximate surface area is 282 Å². The van der Waals surface area contributed by atoms with Gasteiger partial charge in [-0.1, -0.05) is 126 Å². The molecule has 0 N–H and O–H groups in total. The van der Waals surface area contributed by atoms with Gasteiger partial charge in [0.25, 0.3) is 0 Å². The molecule has 48 heavy (non-hydrogen) atoms. The van der Waals surface area contributed by atoms with E-state index in [4.69, 9.17) is 9.40 Å². The quantitative estimate of drug-likeness (QED) is 0.184. The summed E-state index contributed by atoms with van der Waals surface area (Å²) in [5.74, 6) is 1.47. The van der Waals surface area contributed by atoms with Crippen LogP contribution in [0.3, 0.4) is 0 Å². The molecule has 3 heteroatoms. The van der Waals surface area contributed by atoms with Crippen LogP contribution in [0.25, 0.3) is 72.1 Å². The molecule has 0 bridgehead atoms. The number of hydrogen-bond donors (Lipinski definition) is 0. The van der Waals surface area contributed by atoms with Gasteiger partial charge in [-0.2, -0.15) is 0 Å². The standard InChI is InChI=1S/C45H40N2O/c1-29(2)22-30-20-21-33-24-38-39(28-48-42(38)25-34(33)23-30)44-46-40-18-12-13-19-41(40)47(44)43-36(31-14-8-6-9-15-31)26-35(45(3,4)5)27-37(43)32-16-10-7-11-17-32/h6-21,23-29H,22H2,1-5H3. The summed E-state index contributed by atoms with van der Waals surface area (Å²) in [6.45, 7) is 11.4. The second-order valence-electron chi connectivity index (χ2n) is 14.4. The minimum absolute atomic E-state index is 0.0533. The Morgan fingerprint density at radius 2 is 1.31 bits per heavy atom. The van der Waals surface area contributed by atoms with Crippen molar-refractivity contribution in [2.24, 2.45) is 5.92 Å². The first-order valence-electron chi connectivity index (χ1n) is 17.0. The molecule has 8 rings (SSSR count). The molecule has 0 atom stereocenters. The van der Waals surface area contributed by atoms with Crippen molar-refractivity contribution >= 4 is 32.8 Å². The van der Waals surface area contributed by atoms with Gasteiger partial charge in [-0.3, -0.25) is 4.57 Å². The van der Waals surface area contributed by atoms with E-state index in [-0.39, 0.29) is 5.41 Å². The Balaban J connectivity index is 1.46. The van der Waals surface area contributed by atoms with Gasteiger partial charge in [0, 0.05) is 16.5 Å². The van der Waals surface area contributed by atoms with E-state index in [2.05, 4.69) is 167 Å². The fraction of sp³-hybridized carbons (Fsp3) is 0.178. The van der Waals surface area contributed by atoms with Gasteiger partial charge >= 0.3 is 0 Å². The zero-order valence-corrected chi connectivity index (χ0v) is 28.3. The van der Waals surface area contributed by atoms with Crippen molar-refractivity contribution in [1.82, 2.24) is 9.55 Å². The Hall–Kier alpha value is -5.41. The van der Waals surface area contributed by atoms with E-state index in [1.165, 1.54) is 44.2 Å². The molecule has 0 fully saturated rings.